The predicted molar refractivity (Wildman–Crippen MR) is 161 cm³/mol. The van der Waals surface area contributed by atoms with Crippen LogP contribution in [0.15, 0.2) is 65.8 Å². The number of ether oxygens (including phenoxy) is 1. The molecule has 2 N–H and O–H groups in total. The van der Waals surface area contributed by atoms with Crippen molar-refractivity contribution in [3.05, 3.63) is 93.2 Å². The van der Waals surface area contributed by atoms with E-state index in [2.05, 4.69) is 20.7 Å². The number of hydrogen-bond donors (Lipinski definition) is 2. The Hall–Kier alpha value is -3.46. The van der Waals surface area contributed by atoms with E-state index in [0.717, 1.165) is 29.8 Å². The number of rotatable bonds is 9. The molecule has 1 aliphatic rings. The highest BCUT2D eigenvalue weighted by atomic mass is 35.5. The highest BCUT2D eigenvalue weighted by Crippen LogP contribution is 2.24. The van der Waals surface area contributed by atoms with E-state index in [0.29, 0.717) is 46.6 Å². The molecular weight excluding hydrogens is 566 g/mol. The van der Waals surface area contributed by atoms with E-state index in [1.165, 1.54) is 12.1 Å². The highest BCUT2D eigenvalue weighted by molar-refractivity contribution is 6.31. The third-order valence-electron chi connectivity index (χ3n) is 7.08. The molecule has 0 unspecified atom stereocenters. The molecular formula is C31H33Cl2FN4O3. The zero-order chi connectivity index (χ0) is 29.5. The summed E-state index contributed by atoms with van der Waals surface area (Å²) in [7, 11) is 0. The highest BCUT2D eigenvalue weighted by Gasteiger charge is 2.25. The fourth-order valence-corrected chi connectivity index (χ4v) is 5.02. The number of likely N-dealkylation sites (tertiary alicyclic amines) is 1. The van der Waals surface area contributed by atoms with Crippen molar-refractivity contribution in [3.8, 4) is 5.75 Å². The Morgan fingerprint density at radius 2 is 1.78 bits per heavy atom. The van der Waals surface area contributed by atoms with E-state index in [4.69, 9.17) is 27.9 Å². The maximum atomic E-state index is 13.3. The number of hydrazone groups is 1. The summed E-state index contributed by atoms with van der Waals surface area (Å²) in [6.45, 7) is 7.47. The predicted octanol–water partition coefficient (Wildman–Crippen LogP) is 6.60. The van der Waals surface area contributed by atoms with Gasteiger partial charge in [0.15, 0.2) is 6.10 Å². The van der Waals surface area contributed by atoms with Gasteiger partial charge in [-0.1, -0.05) is 41.4 Å². The Bertz CT molecular complexity index is 1420. The first kappa shape index (κ1) is 30.5. The van der Waals surface area contributed by atoms with Crippen molar-refractivity contribution in [2.75, 3.05) is 18.4 Å². The molecule has 1 heterocycles. The molecule has 1 fully saturated rings. The van der Waals surface area contributed by atoms with Gasteiger partial charge in [0.05, 0.1) is 5.71 Å². The zero-order valence-electron chi connectivity index (χ0n) is 23.2. The number of nitrogens with zero attached hydrogens (tertiary/aromatic N) is 2. The van der Waals surface area contributed by atoms with Crippen LogP contribution in [0.4, 0.5) is 10.1 Å². The van der Waals surface area contributed by atoms with Crippen molar-refractivity contribution in [1.29, 1.82) is 0 Å². The Balaban J connectivity index is 1.23. The SMILES string of the molecule is C/C(=N\NC(=O)C1CCN(Cc2ccc(F)cc2Cl)CC1)c1ccc(NC(=O)[C@@H](C)Oc2ccc(Cl)cc2C)cc1. The van der Waals surface area contributed by atoms with Gasteiger partial charge in [0.1, 0.15) is 11.6 Å². The van der Waals surface area contributed by atoms with E-state index in [1.54, 1.807) is 43.3 Å². The lowest BCUT2D eigenvalue weighted by atomic mass is 9.96. The summed E-state index contributed by atoms with van der Waals surface area (Å²) in [6.07, 6.45) is 0.696. The monoisotopic (exact) mass is 598 g/mol. The second-order valence-electron chi connectivity index (χ2n) is 10.2. The Kier molecular flexibility index (Phi) is 10.4. The molecule has 0 aliphatic carbocycles. The number of halogens is 3. The number of anilines is 1. The van der Waals surface area contributed by atoms with Crippen LogP contribution in [0.2, 0.25) is 10.0 Å². The lowest BCUT2D eigenvalue weighted by Crippen LogP contribution is -2.39. The molecule has 4 rings (SSSR count). The van der Waals surface area contributed by atoms with Gasteiger partial charge >= 0.3 is 0 Å². The minimum atomic E-state index is -0.708. The normalized spacial score (nSPS) is 15.3. The van der Waals surface area contributed by atoms with Crippen LogP contribution in [0, 0.1) is 18.7 Å². The third kappa shape index (κ3) is 8.52. The van der Waals surface area contributed by atoms with E-state index in [9.17, 15) is 14.0 Å². The number of benzene rings is 3. The van der Waals surface area contributed by atoms with Crippen LogP contribution >= 0.6 is 23.2 Å². The largest absolute Gasteiger partial charge is 0.481 e. The summed E-state index contributed by atoms with van der Waals surface area (Å²) in [5.41, 5.74) is 6.50. The molecule has 0 radical (unpaired) electrons. The van der Waals surface area contributed by atoms with Gasteiger partial charge in [0, 0.05) is 28.2 Å². The molecule has 3 aromatic carbocycles. The van der Waals surface area contributed by atoms with Crippen molar-refractivity contribution in [2.24, 2.45) is 11.0 Å². The molecule has 1 aliphatic heterocycles. The molecule has 1 saturated heterocycles. The van der Waals surface area contributed by atoms with E-state index < -0.39 is 6.10 Å². The average molecular weight is 600 g/mol. The molecule has 10 heteroatoms. The molecule has 0 aromatic heterocycles. The summed E-state index contributed by atoms with van der Waals surface area (Å²) in [4.78, 5) is 27.6. The number of piperidine rings is 1. The maximum absolute atomic E-state index is 13.3. The van der Waals surface area contributed by atoms with Crippen LogP contribution in [-0.2, 0) is 16.1 Å². The summed E-state index contributed by atoms with van der Waals surface area (Å²) >= 11 is 12.1. The first-order chi connectivity index (χ1) is 19.6. The van der Waals surface area contributed by atoms with Crippen molar-refractivity contribution in [3.63, 3.8) is 0 Å². The molecule has 0 spiro atoms. The lowest BCUT2D eigenvalue weighted by Gasteiger charge is -2.31. The Morgan fingerprint density at radius 1 is 1.07 bits per heavy atom. The number of hydrogen-bond acceptors (Lipinski definition) is 5. The molecule has 3 aromatic rings. The number of amides is 2. The van der Waals surface area contributed by atoms with Gasteiger partial charge < -0.3 is 10.1 Å². The van der Waals surface area contributed by atoms with Crippen molar-refractivity contribution < 1.29 is 18.7 Å². The smallest absolute Gasteiger partial charge is 0.265 e. The quantitative estimate of drug-likeness (QED) is 0.215. The van der Waals surface area contributed by atoms with Crippen LogP contribution < -0.4 is 15.5 Å². The van der Waals surface area contributed by atoms with Crippen molar-refractivity contribution >= 4 is 46.4 Å². The Morgan fingerprint density at radius 3 is 2.44 bits per heavy atom. The zero-order valence-corrected chi connectivity index (χ0v) is 24.7. The van der Waals surface area contributed by atoms with Crippen LogP contribution in [0.5, 0.6) is 5.75 Å². The first-order valence-electron chi connectivity index (χ1n) is 13.4. The van der Waals surface area contributed by atoms with Gasteiger partial charge in [-0.15, -0.1) is 0 Å². The van der Waals surface area contributed by atoms with Gasteiger partial charge in [-0.3, -0.25) is 14.5 Å². The fourth-order valence-electron chi connectivity index (χ4n) is 4.57. The van der Waals surface area contributed by atoms with E-state index in [-0.39, 0.29) is 23.5 Å². The molecule has 1 atom stereocenters. The number of carbonyl (C=O) groups is 2. The summed E-state index contributed by atoms with van der Waals surface area (Å²) in [5.74, 6) is -0.283. The second-order valence-corrected chi connectivity index (χ2v) is 11.0. The summed E-state index contributed by atoms with van der Waals surface area (Å²) < 4.78 is 19.1. The van der Waals surface area contributed by atoms with Crippen molar-refractivity contribution in [2.45, 2.75) is 46.3 Å². The minimum absolute atomic E-state index is 0.113. The lowest BCUT2D eigenvalue weighted by molar-refractivity contribution is -0.126. The topological polar surface area (TPSA) is 83.0 Å². The first-order valence-corrected chi connectivity index (χ1v) is 14.2. The average Bonchev–Trinajstić information content (AvgIpc) is 2.95. The molecule has 7 nitrogen and oxygen atoms in total. The van der Waals surface area contributed by atoms with Gasteiger partial charge in [0.25, 0.3) is 5.91 Å². The van der Waals surface area contributed by atoms with Crippen LogP contribution in [0.3, 0.4) is 0 Å². The second kappa shape index (κ2) is 13.9. The standard InChI is InChI=1S/C31H33Cl2FN4O3/c1-19-16-25(32)7-11-29(19)41-21(3)30(39)35-27-9-5-22(6-10-27)20(2)36-37-31(40)23-12-14-38(15-13-23)18-24-4-8-26(34)17-28(24)33/h4-11,16-17,21,23H,12-15,18H2,1-3H3,(H,35,39)(H,37,40)/b36-20+/t21-/m1/s1. The van der Waals surface area contributed by atoms with Gasteiger partial charge in [-0.25, -0.2) is 9.82 Å². The van der Waals surface area contributed by atoms with Gasteiger partial charge in [-0.2, -0.15) is 5.10 Å². The van der Waals surface area contributed by atoms with E-state index >= 15 is 0 Å². The van der Waals surface area contributed by atoms with Crippen LogP contribution in [-0.4, -0.2) is 41.6 Å². The summed E-state index contributed by atoms with van der Waals surface area (Å²) in [6, 6.07) is 16.9. The molecule has 0 saturated carbocycles. The van der Waals surface area contributed by atoms with Gasteiger partial charge in [0.2, 0.25) is 5.91 Å². The third-order valence-corrected chi connectivity index (χ3v) is 7.67. The van der Waals surface area contributed by atoms with E-state index in [1.807, 2.05) is 26.0 Å². The van der Waals surface area contributed by atoms with Crippen molar-refractivity contribution in [1.82, 2.24) is 10.3 Å². The summed E-state index contributed by atoms with van der Waals surface area (Å²) in [5, 5.41) is 8.16. The number of carbonyl (C=O) groups excluding carboxylic acids is 2. The van der Waals surface area contributed by atoms with Gasteiger partial charge in [-0.05, 0) is 106 Å². The minimum Gasteiger partial charge on any atom is -0.481 e. The molecule has 0 bridgehead atoms. The fraction of sp³-hybridized carbons (Fsp3) is 0.323. The van der Waals surface area contributed by atoms with Crippen LogP contribution in [0.1, 0.15) is 43.4 Å². The molecule has 41 heavy (non-hydrogen) atoms. The Labute approximate surface area is 249 Å². The number of aryl methyl sites for hydroxylation is 1. The van der Waals surface area contributed by atoms with Crippen LogP contribution in [0.25, 0.3) is 0 Å². The number of nitrogens with one attached hydrogen (secondary N) is 2. The maximum Gasteiger partial charge on any atom is 0.265 e. The molecule has 216 valence electrons. The molecule has 2 amide bonds.